The number of benzene rings is 2. The number of hydrogen-bond donors (Lipinski definition) is 0. The molecule has 4 rings (SSSR count). The van der Waals surface area contributed by atoms with Crippen molar-refractivity contribution in [3.63, 3.8) is 0 Å². The Kier molecular flexibility index (Phi) is 5.64. The van der Waals surface area contributed by atoms with Gasteiger partial charge in [0.2, 0.25) is 5.91 Å². The molecule has 7 heteroatoms. The lowest BCUT2D eigenvalue weighted by Gasteiger charge is -2.16. The first-order chi connectivity index (χ1) is 13.6. The van der Waals surface area contributed by atoms with Gasteiger partial charge in [0.25, 0.3) is 0 Å². The smallest absolute Gasteiger partial charge is 0.222 e. The quantitative estimate of drug-likeness (QED) is 0.609. The van der Waals surface area contributed by atoms with E-state index in [0.29, 0.717) is 29.4 Å². The highest BCUT2D eigenvalue weighted by Crippen LogP contribution is 2.25. The van der Waals surface area contributed by atoms with E-state index in [1.807, 2.05) is 52.2 Å². The molecule has 1 fully saturated rings. The van der Waals surface area contributed by atoms with E-state index in [1.165, 1.54) is 0 Å². The molecule has 0 bridgehead atoms. The molecule has 0 N–H and O–H groups in total. The Balaban J connectivity index is 1.35. The third-order valence-electron chi connectivity index (χ3n) is 5.09. The average molecular weight is 415 g/mol. The molecular weight excluding hydrogens is 395 g/mol. The molecule has 0 spiro atoms. The molecule has 1 amide bonds. The lowest BCUT2D eigenvalue weighted by atomic mass is 10.1. The second kappa shape index (κ2) is 8.33. The molecular formula is C21H20Cl2N4O. The highest BCUT2D eigenvalue weighted by molar-refractivity contribution is 6.35. The number of carbonyl (C=O) groups excluding carboxylic acids is 1. The van der Waals surface area contributed by atoms with Crippen LogP contribution < -0.4 is 0 Å². The number of likely N-dealkylation sites (tertiary alicyclic amines) is 1. The molecule has 1 saturated heterocycles. The number of amides is 1. The Labute approximate surface area is 173 Å². The fourth-order valence-electron chi connectivity index (χ4n) is 3.50. The zero-order chi connectivity index (χ0) is 19.5. The van der Waals surface area contributed by atoms with Gasteiger partial charge in [0, 0.05) is 35.1 Å². The van der Waals surface area contributed by atoms with Crippen molar-refractivity contribution in [3.05, 3.63) is 70.3 Å². The minimum atomic E-state index is 0.136. The minimum Gasteiger partial charge on any atom is -0.340 e. The van der Waals surface area contributed by atoms with Crippen molar-refractivity contribution in [2.75, 3.05) is 13.1 Å². The third kappa shape index (κ3) is 4.21. The van der Waals surface area contributed by atoms with Crippen LogP contribution in [-0.2, 0) is 11.2 Å². The van der Waals surface area contributed by atoms with Gasteiger partial charge < -0.3 is 4.90 Å². The van der Waals surface area contributed by atoms with Crippen LogP contribution in [0.15, 0.2) is 54.7 Å². The van der Waals surface area contributed by atoms with E-state index in [4.69, 9.17) is 23.2 Å². The predicted molar refractivity (Wildman–Crippen MR) is 110 cm³/mol. The second-order valence-electron chi connectivity index (χ2n) is 6.97. The average Bonchev–Trinajstić information content (AvgIpc) is 3.37. The monoisotopic (exact) mass is 414 g/mol. The summed E-state index contributed by atoms with van der Waals surface area (Å²) < 4.78 is 1.88. The maximum absolute atomic E-state index is 12.6. The third-order valence-corrected chi connectivity index (χ3v) is 5.68. The van der Waals surface area contributed by atoms with Gasteiger partial charge in [0.15, 0.2) is 0 Å². The Bertz CT molecular complexity index is 974. The maximum atomic E-state index is 12.6. The van der Waals surface area contributed by atoms with Gasteiger partial charge in [-0.15, -0.1) is 5.10 Å². The lowest BCUT2D eigenvalue weighted by Crippen LogP contribution is -2.29. The number of aryl methyl sites for hydroxylation is 1. The SMILES string of the molecule is O=C(CCc1ccc(Cl)cc1Cl)N1CCC(n2cc(-c3ccccc3)nn2)C1. The van der Waals surface area contributed by atoms with Crippen molar-refractivity contribution in [2.45, 2.75) is 25.3 Å². The van der Waals surface area contributed by atoms with Gasteiger partial charge in [-0.3, -0.25) is 4.79 Å². The van der Waals surface area contributed by atoms with Crippen LogP contribution in [-0.4, -0.2) is 38.9 Å². The summed E-state index contributed by atoms with van der Waals surface area (Å²) in [5.41, 5.74) is 2.83. The van der Waals surface area contributed by atoms with Crippen molar-refractivity contribution in [2.24, 2.45) is 0 Å². The minimum absolute atomic E-state index is 0.136. The van der Waals surface area contributed by atoms with Crippen molar-refractivity contribution in [1.82, 2.24) is 19.9 Å². The second-order valence-corrected chi connectivity index (χ2v) is 7.81. The Morgan fingerprint density at radius 2 is 1.96 bits per heavy atom. The van der Waals surface area contributed by atoms with E-state index in [9.17, 15) is 4.79 Å². The summed E-state index contributed by atoms with van der Waals surface area (Å²) in [5, 5.41) is 9.77. The summed E-state index contributed by atoms with van der Waals surface area (Å²) in [7, 11) is 0. The first kappa shape index (κ1) is 19.0. The van der Waals surface area contributed by atoms with Crippen LogP contribution in [0.3, 0.4) is 0 Å². The van der Waals surface area contributed by atoms with Gasteiger partial charge >= 0.3 is 0 Å². The van der Waals surface area contributed by atoms with Gasteiger partial charge in [-0.1, -0.05) is 64.8 Å². The van der Waals surface area contributed by atoms with Crippen LogP contribution in [0.2, 0.25) is 10.0 Å². The molecule has 5 nitrogen and oxygen atoms in total. The van der Waals surface area contributed by atoms with Gasteiger partial charge in [-0.25, -0.2) is 4.68 Å². The number of aromatic nitrogens is 3. The molecule has 0 radical (unpaired) electrons. The first-order valence-electron chi connectivity index (χ1n) is 9.29. The molecule has 1 atom stereocenters. The molecule has 1 aliphatic heterocycles. The van der Waals surface area contributed by atoms with E-state index in [2.05, 4.69) is 10.3 Å². The molecule has 0 saturated carbocycles. The number of hydrogen-bond acceptors (Lipinski definition) is 3. The normalized spacial score (nSPS) is 16.5. The first-order valence-corrected chi connectivity index (χ1v) is 10.0. The fourth-order valence-corrected chi connectivity index (χ4v) is 4.01. The van der Waals surface area contributed by atoms with Crippen LogP contribution in [0, 0.1) is 0 Å². The van der Waals surface area contributed by atoms with E-state index in [1.54, 1.807) is 12.1 Å². The van der Waals surface area contributed by atoms with Crippen LogP contribution in [0.1, 0.15) is 24.4 Å². The van der Waals surface area contributed by atoms with Gasteiger partial charge in [0.1, 0.15) is 5.69 Å². The van der Waals surface area contributed by atoms with E-state index < -0.39 is 0 Å². The Morgan fingerprint density at radius 3 is 2.75 bits per heavy atom. The van der Waals surface area contributed by atoms with Gasteiger partial charge in [-0.2, -0.15) is 0 Å². The van der Waals surface area contributed by atoms with E-state index >= 15 is 0 Å². The zero-order valence-electron chi connectivity index (χ0n) is 15.3. The molecule has 1 aromatic heterocycles. The van der Waals surface area contributed by atoms with Crippen molar-refractivity contribution in [3.8, 4) is 11.3 Å². The summed E-state index contributed by atoms with van der Waals surface area (Å²) in [5.74, 6) is 0.136. The highest BCUT2D eigenvalue weighted by atomic mass is 35.5. The summed E-state index contributed by atoms with van der Waals surface area (Å²) in [6.07, 6.45) is 3.88. The number of rotatable bonds is 5. The van der Waals surface area contributed by atoms with Crippen molar-refractivity contribution >= 4 is 29.1 Å². The number of carbonyl (C=O) groups is 1. The van der Waals surface area contributed by atoms with Crippen LogP contribution in [0.4, 0.5) is 0 Å². The summed E-state index contributed by atoms with van der Waals surface area (Å²) in [6, 6.07) is 15.5. The van der Waals surface area contributed by atoms with Gasteiger partial charge in [-0.05, 0) is 30.5 Å². The molecule has 28 heavy (non-hydrogen) atoms. The maximum Gasteiger partial charge on any atom is 0.222 e. The molecule has 1 aliphatic rings. The Morgan fingerprint density at radius 1 is 1.14 bits per heavy atom. The van der Waals surface area contributed by atoms with Crippen LogP contribution >= 0.6 is 23.2 Å². The Hall–Kier alpha value is -2.37. The fraction of sp³-hybridized carbons (Fsp3) is 0.286. The number of halogens is 2. The lowest BCUT2D eigenvalue weighted by molar-refractivity contribution is -0.130. The van der Waals surface area contributed by atoms with Crippen molar-refractivity contribution in [1.29, 1.82) is 0 Å². The highest BCUT2D eigenvalue weighted by Gasteiger charge is 2.28. The van der Waals surface area contributed by atoms with Gasteiger partial charge in [0.05, 0.1) is 12.2 Å². The molecule has 0 aliphatic carbocycles. The summed E-state index contributed by atoms with van der Waals surface area (Å²) >= 11 is 12.1. The van der Waals surface area contributed by atoms with E-state index in [-0.39, 0.29) is 11.9 Å². The molecule has 144 valence electrons. The molecule has 2 aromatic carbocycles. The number of nitrogens with zero attached hydrogens (tertiary/aromatic N) is 4. The standard InChI is InChI=1S/C21H20Cl2N4O/c22-17-8-6-15(19(23)12-17)7-9-21(28)26-11-10-18(13-26)27-14-20(24-25-27)16-4-2-1-3-5-16/h1-6,8,12,14,18H,7,9-11,13H2. The summed E-state index contributed by atoms with van der Waals surface area (Å²) in [4.78, 5) is 14.5. The molecule has 2 heterocycles. The summed E-state index contributed by atoms with van der Waals surface area (Å²) in [6.45, 7) is 1.39. The van der Waals surface area contributed by atoms with Crippen LogP contribution in [0.5, 0.6) is 0 Å². The largest absolute Gasteiger partial charge is 0.340 e. The predicted octanol–water partition coefficient (Wildman–Crippen LogP) is 4.66. The van der Waals surface area contributed by atoms with Crippen molar-refractivity contribution < 1.29 is 4.79 Å². The topological polar surface area (TPSA) is 51.0 Å². The molecule has 3 aromatic rings. The molecule has 1 unspecified atom stereocenters. The van der Waals surface area contributed by atoms with E-state index in [0.717, 1.165) is 29.8 Å². The van der Waals surface area contributed by atoms with Crippen LogP contribution in [0.25, 0.3) is 11.3 Å². The zero-order valence-corrected chi connectivity index (χ0v) is 16.8.